The van der Waals surface area contributed by atoms with Gasteiger partial charge in [-0.15, -0.1) is 12.4 Å². The quantitative estimate of drug-likeness (QED) is 0.716. The molecule has 0 unspecified atom stereocenters. The topological polar surface area (TPSA) is 64.0 Å². The van der Waals surface area contributed by atoms with Gasteiger partial charge in [0.05, 0.1) is 23.0 Å². The minimum Gasteiger partial charge on any atom is -0.317 e. The van der Waals surface area contributed by atoms with E-state index in [1.807, 2.05) is 6.07 Å². The maximum Gasteiger partial charge on any atom is 0.243 e. The first kappa shape index (κ1) is 19.8. The Hall–Kier alpha value is -1.96. The summed E-state index contributed by atoms with van der Waals surface area (Å²) in [5.74, 6) is -0.451. The number of benzene rings is 1. The van der Waals surface area contributed by atoms with Gasteiger partial charge in [-0.05, 0) is 37.4 Å². The van der Waals surface area contributed by atoms with Crippen LogP contribution in [-0.2, 0) is 15.8 Å². The molecule has 0 atom stereocenters. The predicted octanol–water partition coefficient (Wildman–Crippen LogP) is 3.44. The summed E-state index contributed by atoms with van der Waals surface area (Å²) in [7, 11) is -3.68. The summed E-state index contributed by atoms with van der Waals surface area (Å²) in [5, 5.41) is 3.31. The van der Waals surface area contributed by atoms with E-state index in [0.29, 0.717) is 16.6 Å². The second-order valence-corrected chi connectivity index (χ2v) is 8.51. The van der Waals surface area contributed by atoms with Gasteiger partial charge in [-0.25, -0.2) is 16.8 Å². The zero-order valence-corrected chi connectivity index (χ0v) is 16.3. The van der Waals surface area contributed by atoms with Crippen LogP contribution in [0.5, 0.6) is 0 Å². The molecule has 3 aromatic rings. The van der Waals surface area contributed by atoms with Gasteiger partial charge < -0.3 is 5.32 Å². The number of nitrogens with zero attached hydrogens (tertiary/aromatic N) is 2. The Morgan fingerprint density at radius 2 is 1.89 bits per heavy atom. The molecule has 0 aliphatic carbocycles. The summed E-state index contributed by atoms with van der Waals surface area (Å²) in [6.07, 6.45) is 4.63. The van der Waals surface area contributed by atoms with Crippen LogP contribution in [0, 0.1) is 5.82 Å². The van der Waals surface area contributed by atoms with Crippen molar-refractivity contribution in [2.45, 2.75) is 24.5 Å². The Balaban J connectivity index is 0.00000210. The van der Waals surface area contributed by atoms with Crippen molar-refractivity contribution in [3.63, 3.8) is 0 Å². The number of rotatable bonds is 4. The van der Waals surface area contributed by atoms with Crippen LogP contribution in [0.15, 0.2) is 48.8 Å². The van der Waals surface area contributed by atoms with E-state index in [1.54, 1.807) is 30.5 Å². The first-order chi connectivity index (χ1) is 12.5. The van der Waals surface area contributed by atoms with Crippen molar-refractivity contribution in [1.82, 2.24) is 14.3 Å². The Kier molecular flexibility index (Phi) is 5.83. The summed E-state index contributed by atoms with van der Waals surface area (Å²) in [4.78, 5) is 4.22. The molecular formula is C19H21ClFN3O2S. The highest BCUT2D eigenvalue weighted by molar-refractivity contribution is 7.89. The average molecular weight is 410 g/mol. The van der Waals surface area contributed by atoms with Crippen LogP contribution < -0.4 is 5.32 Å². The Morgan fingerprint density at radius 1 is 1.19 bits per heavy atom. The molecule has 2 aromatic heterocycles. The number of aromatic nitrogens is 2. The molecule has 8 heteroatoms. The van der Waals surface area contributed by atoms with Crippen molar-refractivity contribution < 1.29 is 12.8 Å². The van der Waals surface area contributed by atoms with Gasteiger partial charge in [-0.1, -0.05) is 30.3 Å². The third kappa shape index (κ3) is 4.00. The van der Waals surface area contributed by atoms with E-state index in [1.165, 1.54) is 10.0 Å². The minimum absolute atomic E-state index is 0. The van der Waals surface area contributed by atoms with E-state index < -0.39 is 15.8 Å². The minimum atomic E-state index is -3.68. The lowest BCUT2D eigenvalue weighted by Gasteiger charge is -2.21. The van der Waals surface area contributed by atoms with E-state index in [2.05, 4.69) is 10.3 Å². The van der Waals surface area contributed by atoms with E-state index in [0.717, 1.165) is 37.7 Å². The smallest absolute Gasteiger partial charge is 0.243 e. The first-order valence-electron chi connectivity index (χ1n) is 8.69. The van der Waals surface area contributed by atoms with Crippen LogP contribution >= 0.6 is 12.4 Å². The van der Waals surface area contributed by atoms with Crippen molar-refractivity contribution >= 4 is 33.5 Å². The fourth-order valence-corrected chi connectivity index (χ4v) is 5.06. The fourth-order valence-electron chi connectivity index (χ4n) is 3.59. The van der Waals surface area contributed by atoms with E-state index >= 15 is 0 Å². The lowest BCUT2D eigenvalue weighted by atomic mass is 9.91. The van der Waals surface area contributed by atoms with Crippen LogP contribution in [0.4, 0.5) is 4.39 Å². The fraction of sp³-hybridized carbons (Fsp3) is 0.316. The molecule has 4 rings (SSSR count). The van der Waals surface area contributed by atoms with E-state index in [9.17, 15) is 12.8 Å². The van der Waals surface area contributed by atoms with Crippen LogP contribution in [-0.4, -0.2) is 30.5 Å². The number of hydrogen-bond acceptors (Lipinski definition) is 4. The average Bonchev–Trinajstić information content (AvgIpc) is 3.02. The largest absolute Gasteiger partial charge is 0.317 e. The number of nitrogens with one attached hydrogen (secondary N) is 1. The Bertz CT molecular complexity index is 1030. The van der Waals surface area contributed by atoms with Gasteiger partial charge in [0.2, 0.25) is 10.0 Å². The molecule has 0 saturated carbocycles. The number of fused-ring (bicyclic) bond motifs is 1. The molecule has 1 aromatic carbocycles. The summed E-state index contributed by atoms with van der Waals surface area (Å²) >= 11 is 0. The molecule has 0 radical (unpaired) electrons. The number of pyridine rings is 1. The van der Waals surface area contributed by atoms with Gasteiger partial charge >= 0.3 is 0 Å². The molecule has 1 fully saturated rings. The summed E-state index contributed by atoms with van der Waals surface area (Å²) in [6, 6.07) is 10.3. The molecule has 144 valence electrons. The summed E-state index contributed by atoms with van der Waals surface area (Å²) in [5.41, 5.74) is 2.48. The first-order valence-corrected chi connectivity index (χ1v) is 10.3. The van der Waals surface area contributed by atoms with Gasteiger partial charge in [-0.3, -0.25) is 4.98 Å². The number of halogens is 2. The lowest BCUT2D eigenvalue weighted by molar-refractivity contribution is 0.462. The van der Waals surface area contributed by atoms with E-state index in [4.69, 9.17) is 0 Å². The number of hydrogen-bond donors (Lipinski definition) is 1. The second kappa shape index (κ2) is 7.96. The van der Waals surface area contributed by atoms with Crippen LogP contribution in [0.1, 0.15) is 29.9 Å². The zero-order valence-electron chi connectivity index (χ0n) is 14.6. The molecule has 0 spiro atoms. The maximum absolute atomic E-state index is 13.8. The normalized spacial score (nSPS) is 15.6. The molecule has 3 heterocycles. The molecule has 1 aliphatic heterocycles. The summed E-state index contributed by atoms with van der Waals surface area (Å²) < 4.78 is 41.1. The molecule has 1 saturated heterocycles. The van der Waals surface area contributed by atoms with E-state index in [-0.39, 0.29) is 24.1 Å². The molecule has 0 amide bonds. The third-order valence-corrected chi connectivity index (χ3v) is 6.47. The lowest BCUT2D eigenvalue weighted by Crippen LogP contribution is -2.26. The van der Waals surface area contributed by atoms with Crippen molar-refractivity contribution in [3.8, 4) is 0 Å². The molecule has 1 N–H and O–H groups in total. The zero-order chi connectivity index (χ0) is 18.1. The highest BCUT2D eigenvalue weighted by Gasteiger charge is 2.25. The SMILES string of the molecule is Cl.O=S(=O)(Cc1ccccc1)n1cc(C2CCNCC2)c2ncc(F)cc21. The van der Waals surface area contributed by atoms with Crippen molar-refractivity contribution in [3.05, 3.63) is 65.7 Å². The molecule has 1 aliphatic rings. The molecular weight excluding hydrogens is 389 g/mol. The number of piperidine rings is 1. The maximum atomic E-state index is 13.8. The Morgan fingerprint density at radius 3 is 2.59 bits per heavy atom. The third-order valence-electron chi connectivity index (χ3n) is 4.87. The van der Waals surface area contributed by atoms with Gasteiger partial charge in [0.25, 0.3) is 0 Å². The standard InChI is InChI=1S/C19H20FN3O2S.ClH/c20-16-10-18-19(22-11-16)17(15-6-8-21-9-7-15)12-23(18)26(24,25)13-14-4-2-1-3-5-14;/h1-5,10-12,15,21H,6-9,13H2;1H. The highest BCUT2D eigenvalue weighted by Crippen LogP contribution is 2.33. The molecule has 5 nitrogen and oxygen atoms in total. The highest BCUT2D eigenvalue weighted by atomic mass is 35.5. The van der Waals surface area contributed by atoms with Gasteiger partial charge in [0.15, 0.2) is 0 Å². The summed E-state index contributed by atoms with van der Waals surface area (Å²) in [6.45, 7) is 1.77. The molecule has 27 heavy (non-hydrogen) atoms. The van der Waals surface area contributed by atoms with Crippen molar-refractivity contribution in [1.29, 1.82) is 0 Å². The predicted molar refractivity (Wildman–Crippen MR) is 106 cm³/mol. The molecule has 0 bridgehead atoms. The van der Waals surface area contributed by atoms with Gasteiger partial charge in [-0.2, -0.15) is 0 Å². The van der Waals surface area contributed by atoms with Crippen LogP contribution in [0.3, 0.4) is 0 Å². The van der Waals surface area contributed by atoms with Crippen LogP contribution in [0.2, 0.25) is 0 Å². The van der Waals surface area contributed by atoms with Crippen LogP contribution in [0.25, 0.3) is 11.0 Å². The van der Waals surface area contributed by atoms with Crippen molar-refractivity contribution in [2.24, 2.45) is 0 Å². The second-order valence-electron chi connectivity index (χ2n) is 6.67. The van der Waals surface area contributed by atoms with Crippen molar-refractivity contribution in [2.75, 3.05) is 13.1 Å². The monoisotopic (exact) mass is 409 g/mol. The van der Waals surface area contributed by atoms with Gasteiger partial charge in [0, 0.05) is 17.8 Å². The van der Waals surface area contributed by atoms with Gasteiger partial charge in [0.1, 0.15) is 5.82 Å². The Labute approximate surface area is 164 Å².